The fourth-order valence-corrected chi connectivity index (χ4v) is 1.24. The number of hydrogen-bond donors (Lipinski definition) is 1. The summed E-state index contributed by atoms with van der Waals surface area (Å²) in [5, 5.41) is 0. The molecule has 0 aliphatic rings. The second-order valence-electron chi connectivity index (χ2n) is 3.04. The quantitative estimate of drug-likeness (QED) is 0.634. The van der Waals surface area contributed by atoms with E-state index in [9.17, 15) is 4.79 Å². The highest BCUT2D eigenvalue weighted by Gasteiger charge is 2.05. The Balaban J connectivity index is 0.00000196. The first-order valence-corrected chi connectivity index (χ1v) is 4.76. The van der Waals surface area contributed by atoms with Crippen LogP contribution in [0.2, 0.25) is 0 Å². The smallest absolute Gasteiger partial charge is 0.325 e. The number of ether oxygens (including phenoxy) is 1. The molecule has 1 rings (SSSR count). The van der Waals surface area contributed by atoms with Crippen molar-refractivity contribution >= 4 is 18.4 Å². The van der Waals surface area contributed by atoms with Crippen LogP contribution in [0.3, 0.4) is 0 Å². The molecule has 0 radical (unpaired) electrons. The highest BCUT2D eigenvalue weighted by molar-refractivity contribution is 5.85. The Morgan fingerprint density at radius 3 is 2.67 bits per heavy atom. The minimum atomic E-state index is -0.395. The molecule has 4 heteroatoms. The van der Waals surface area contributed by atoms with Crippen molar-refractivity contribution in [2.24, 2.45) is 5.73 Å². The van der Waals surface area contributed by atoms with Crippen LogP contribution in [-0.4, -0.2) is 12.5 Å². The van der Waals surface area contributed by atoms with Gasteiger partial charge in [0.2, 0.25) is 0 Å². The van der Waals surface area contributed by atoms with Crippen LogP contribution in [0.4, 0.5) is 0 Å². The molecule has 0 aliphatic heterocycles. The summed E-state index contributed by atoms with van der Waals surface area (Å²) in [4.78, 5) is 11.0. The maximum atomic E-state index is 11.0. The summed E-state index contributed by atoms with van der Waals surface area (Å²) >= 11 is 0. The molecule has 2 N–H and O–H groups in total. The second kappa shape index (κ2) is 7.26. The summed E-state index contributed by atoms with van der Waals surface area (Å²) in [6.07, 6.45) is 1.94. The van der Waals surface area contributed by atoms with Gasteiger partial charge >= 0.3 is 5.97 Å². The van der Waals surface area contributed by atoms with Crippen LogP contribution in [0.5, 0.6) is 5.75 Å². The molecule has 1 aromatic carbocycles. The molecule has 0 amide bonds. The maximum Gasteiger partial charge on any atom is 0.325 e. The molecule has 3 nitrogen and oxygen atoms in total. The molecule has 0 fully saturated rings. The van der Waals surface area contributed by atoms with Crippen LogP contribution in [0.15, 0.2) is 24.3 Å². The SMILES string of the molecule is CCCc1ccccc1OC(=O)CN.Cl. The van der Waals surface area contributed by atoms with Crippen molar-refractivity contribution in [1.82, 2.24) is 0 Å². The Labute approximate surface area is 96.0 Å². The van der Waals surface area contributed by atoms with Gasteiger partial charge in [-0.2, -0.15) is 0 Å². The summed E-state index contributed by atoms with van der Waals surface area (Å²) in [5.41, 5.74) is 6.22. The predicted octanol–water partition coefficient (Wildman–Crippen LogP) is 1.93. The zero-order chi connectivity index (χ0) is 10.4. The molecule has 0 saturated carbocycles. The summed E-state index contributed by atoms with van der Waals surface area (Å²) < 4.78 is 5.08. The number of halogens is 1. The Morgan fingerprint density at radius 1 is 1.40 bits per heavy atom. The first-order valence-electron chi connectivity index (χ1n) is 4.76. The molecule has 0 atom stereocenters. The average Bonchev–Trinajstić information content (AvgIpc) is 2.21. The van der Waals surface area contributed by atoms with E-state index >= 15 is 0 Å². The molecular formula is C11H16ClNO2. The van der Waals surface area contributed by atoms with E-state index in [0.29, 0.717) is 5.75 Å². The summed E-state index contributed by atoms with van der Waals surface area (Å²) in [7, 11) is 0. The lowest BCUT2D eigenvalue weighted by Crippen LogP contribution is -2.20. The molecule has 0 spiro atoms. The number of para-hydroxylation sites is 1. The fraction of sp³-hybridized carbons (Fsp3) is 0.364. The number of carbonyl (C=O) groups is 1. The van der Waals surface area contributed by atoms with Crippen LogP contribution in [-0.2, 0) is 11.2 Å². The molecule has 0 aromatic heterocycles. The van der Waals surface area contributed by atoms with Crippen molar-refractivity contribution in [3.63, 3.8) is 0 Å². The van der Waals surface area contributed by atoms with Gasteiger partial charge in [-0.25, -0.2) is 0 Å². The van der Waals surface area contributed by atoms with Crippen LogP contribution in [0.1, 0.15) is 18.9 Å². The predicted molar refractivity (Wildman–Crippen MR) is 62.4 cm³/mol. The minimum Gasteiger partial charge on any atom is -0.425 e. The van der Waals surface area contributed by atoms with Crippen LogP contribution in [0, 0.1) is 0 Å². The molecule has 15 heavy (non-hydrogen) atoms. The topological polar surface area (TPSA) is 52.3 Å². The zero-order valence-electron chi connectivity index (χ0n) is 8.73. The lowest BCUT2D eigenvalue weighted by molar-refractivity contribution is -0.132. The molecule has 0 heterocycles. The summed E-state index contributed by atoms with van der Waals surface area (Å²) in [5.74, 6) is 0.235. The Morgan fingerprint density at radius 2 is 2.07 bits per heavy atom. The van der Waals surface area contributed by atoms with E-state index in [1.54, 1.807) is 6.07 Å². The fourth-order valence-electron chi connectivity index (χ4n) is 1.24. The van der Waals surface area contributed by atoms with Crippen molar-refractivity contribution in [1.29, 1.82) is 0 Å². The second-order valence-corrected chi connectivity index (χ2v) is 3.04. The molecule has 0 unspecified atom stereocenters. The van der Waals surface area contributed by atoms with Gasteiger partial charge in [-0.15, -0.1) is 12.4 Å². The van der Waals surface area contributed by atoms with Crippen LogP contribution in [0.25, 0.3) is 0 Å². The van der Waals surface area contributed by atoms with Gasteiger partial charge in [-0.1, -0.05) is 31.5 Å². The van der Waals surface area contributed by atoms with Gasteiger partial charge in [0.1, 0.15) is 5.75 Å². The van der Waals surface area contributed by atoms with Crippen molar-refractivity contribution in [2.75, 3.05) is 6.54 Å². The van der Waals surface area contributed by atoms with Crippen molar-refractivity contribution in [3.05, 3.63) is 29.8 Å². The van der Waals surface area contributed by atoms with Crippen molar-refractivity contribution in [3.8, 4) is 5.75 Å². The van der Waals surface area contributed by atoms with Crippen molar-refractivity contribution in [2.45, 2.75) is 19.8 Å². The van der Waals surface area contributed by atoms with Crippen LogP contribution < -0.4 is 10.5 Å². The Bertz CT molecular complexity index is 315. The number of hydrogen-bond acceptors (Lipinski definition) is 3. The third kappa shape index (κ3) is 4.32. The van der Waals surface area contributed by atoms with E-state index in [2.05, 4.69) is 6.92 Å². The molecule has 0 bridgehead atoms. The summed E-state index contributed by atoms with van der Waals surface area (Å²) in [6.45, 7) is 2.00. The monoisotopic (exact) mass is 229 g/mol. The summed E-state index contributed by atoms with van der Waals surface area (Å²) in [6, 6.07) is 7.53. The third-order valence-corrected chi connectivity index (χ3v) is 1.88. The van der Waals surface area contributed by atoms with Gasteiger partial charge in [-0.05, 0) is 18.1 Å². The largest absolute Gasteiger partial charge is 0.425 e. The number of benzene rings is 1. The van der Waals surface area contributed by atoms with E-state index < -0.39 is 5.97 Å². The third-order valence-electron chi connectivity index (χ3n) is 1.88. The number of aryl methyl sites for hydroxylation is 1. The molecule has 84 valence electrons. The maximum absolute atomic E-state index is 11.0. The van der Waals surface area contributed by atoms with E-state index in [0.717, 1.165) is 18.4 Å². The Hall–Kier alpha value is -1.06. The number of esters is 1. The van der Waals surface area contributed by atoms with E-state index in [4.69, 9.17) is 10.5 Å². The molecular weight excluding hydrogens is 214 g/mol. The van der Waals surface area contributed by atoms with Gasteiger partial charge in [-0.3, -0.25) is 4.79 Å². The van der Waals surface area contributed by atoms with E-state index in [1.807, 2.05) is 18.2 Å². The molecule has 0 saturated heterocycles. The Kier molecular flexibility index (Phi) is 6.75. The number of rotatable bonds is 4. The van der Waals surface area contributed by atoms with Gasteiger partial charge in [0.05, 0.1) is 6.54 Å². The normalized spacial score (nSPS) is 9.20. The first kappa shape index (κ1) is 13.9. The van der Waals surface area contributed by atoms with Gasteiger partial charge in [0.25, 0.3) is 0 Å². The van der Waals surface area contributed by atoms with E-state index in [-0.39, 0.29) is 19.0 Å². The molecule has 1 aromatic rings. The van der Waals surface area contributed by atoms with Crippen molar-refractivity contribution < 1.29 is 9.53 Å². The van der Waals surface area contributed by atoms with Gasteiger partial charge < -0.3 is 10.5 Å². The lowest BCUT2D eigenvalue weighted by atomic mass is 10.1. The highest BCUT2D eigenvalue weighted by atomic mass is 35.5. The first-order chi connectivity index (χ1) is 6.77. The van der Waals surface area contributed by atoms with Gasteiger partial charge in [0, 0.05) is 0 Å². The number of nitrogens with two attached hydrogens (primary N) is 1. The minimum absolute atomic E-state index is 0. The van der Waals surface area contributed by atoms with Gasteiger partial charge in [0.15, 0.2) is 0 Å². The lowest BCUT2D eigenvalue weighted by Gasteiger charge is -2.07. The molecule has 0 aliphatic carbocycles. The average molecular weight is 230 g/mol. The highest BCUT2D eigenvalue weighted by Crippen LogP contribution is 2.19. The number of carbonyl (C=O) groups excluding carboxylic acids is 1. The standard InChI is InChI=1S/C11H15NO2.ClH/c1-2-5-9-6-3-4-7-10(9)14-11(13)8-12;/h3-4,6-7H,2,5,8,12H2,1H3;1H. The zero-order valence-corrected chi connectivity index (χ0v) is 9.55. The van der Waals surface area contributed by atoms with E-state index in [1.165, 1.54) is 0 Å². The van der Waals surface area contributed by atoms with Crippen LogP contribution >= 0.6 is 12.4 Å².